The van der Waals surface area contributed by atoms with Crippen LogP contribution in [0.4, 0.5) is 0 Å². The van der Waals surface area contributed by atoms with Gasteiger partial charge in [-0.1, -0.05) is 11.6 Å². The van der Waals surface area contributed by atoms with Gasteiger partial charge in [0.1, 0.15) is 11.8 Å². The summed E-state index contributed by atoms with van der Waals surface area (Å²) in [5.41, 5.74) is 0.645. The molecule has 0 unspecified atom stereocenters. The van der Waals surface area contributed by atoms with Gasteiger partial charge < -0.3 is 4.74 Å². The first kappa shape index (κ1) is 10.6. The summed E-state index contributed by atoms with van der Waals surface area (Å²) in [4.78, 5) is 11.2. The van der Waals surface area contributed by atoms with Gasteiger partial charge in [-0.05, 0) is 13.0 Å². The number of rotatable bonds is 2. The molecule has 0 aliphatic carbocycles. The van der Waals surface area contributed by atoms with Crippen molar-refractivity contribution in [3.63, 3.8) is 0 Å². The second-order valence-corrected chi connectivity index (χ2v) is 3.11. The Morgan fingerprint density at radius 3 is 2.64 bits per heavy atom. The van der Waals surface area contributed by atoms with Gasteiger partial charge in [-0.15, -0.1) is 0 Å². The Bertz CT molecular complexity index is 421. The van der Waals surface area contributed by atoms with Crippen molar-refractivity contribution in [3.8, 4) is 11.8 Å². The molecule has 0 N–H and O–H groups in total. The first-order valence-electron chi connectivity index (χ1n) is 3.88. The molecular formula is C10H8ClNO2. The van der Waals surface area contributed by atoms with Gasteiger partial charge >= 0.3 is 0 Å². The zero-order valence-electron chi connectivity index (χ0n) is 7.80. The van der Waals surface area contributed by atoms with Gasteiger partial charge in [0.2, 0.25) is 0 Å². The molecule has 0 aliphatic rings. The van der Waals surface area contributed by atoms with Gasteiger partial charge in [-0.2, -0.15) is 5.26 Å². The SMILES string of the molecule is COc1cc(Cl)c(C#N)cc1C(C)=O. The van der Waals surface area contributed by atoms with Crippen LogP contribution < -0.4 is 4.74 Å². The highest BCUT2D eigenvalue weighted by Gasteiger charge is 2.12. The Kier molecular flexibility index (Phi) is 3.10. The van der Waals surface area contributed by atoms with Crippen molar-refractivity contribution in [3.05, 3.63) is 28.3 Å². The van der Waals surface area contributed by atoms with Crippen LogP contribution in [0, 0.1) is 11.3 Å². The normalized spacial score (nSPS) is 9.29. The molecular weight excluding hydrogens is 202 g/mol. The molecule has 0 spiro atoms. The molecule has 0 aliphatic heterocycles. The van der Waals surface area contributed by atoms with Gasteiger partial charge in [-0.3, -0.25) is 4.79 Å². The van der Waals surface area contributed by atoms with E-state index >= 15 is 0 Å². The van der Waals surface area contributed by atoms with Crippen molar-refractivity contribution in [2.24, 2.45) is 0 Å². The van der Waals surface area contributed by atoms with Crippen LogP contribution in [-0.4, -0.2) is 12.9 Å². The topological polar surface area (TPSA) is 50.1 Å². The molecule has 0 radical (unpaired) electrons. The van der Waals surface area contributed by atoms with E-state index in [-0.39, 0.29) is 16.4 Å². The van der Waals surface area contributed by atoms with E-state index in [2.05, 4.69) is 0 Å². The Hall–Kier alpha value is -1.53. The first-order valence-corrected chi connectivity index (χ1v) is 4.26. The minimum Gasteiger partial charge on any atom is -0.496 e. The molecule has 3 nitrogen and oxygen atoms in total. The summed E-state index contributed by atoms with van der Waals surface area (Å²) in [7, 11) is 1.45. The minimum absolute atomic E-state index is 0.157. The summed E-state index contributed by atoms with van der Waals surface area (Å²) in [5, 5.41) is 8.99. The van der Waals surface area contributed by atoms with E-state index in [0.717, 1.165) is 0 Å². The highest BCUT2D eigenvalue weighted by molar-refractivity contribution is 6.32. The van der Waals surface area contributed by atoms with Crippen molar-refractivity contribution in [1.29, 1.82) is 5.26 Å². The molecule has 0 aromatic heterocycles. The van der Waals surface area contributed by atoms with Crippen molar-refractivity contribution in [1.82, 2.24) is 0 Å². The Labute approximate surface area is 86.9 Å². The Balaban J connectivity index is 3.42. The molecule has 1 aromatic carbocycles. The maximum absolute atomic E-state index is 11.2. The van der Waals surface area contributed by atoms with Crippen LogP contribution in [-0.2, 0) is 0 Å². The van der Waals surface area contributed by atoms with Crippen LogP contribution in [0.25, 0.3) is 0 Å². The third-order valence-electron chi connectivity index (χ3n) is 1.79. The number of benzene rings is 1. The smallest absolute Gasteiger partial charge is 0.163 e. The highest BCUT2D eigenvalue weighted by Crippen LogP contribution is 2.26. The van der Waals surface area contributed by atoms with Crippen LogP contribution >= 0.6 is 11.6 Å². The molecule has 14 heavy (non-hydrogen) atoms. The second-order valence-electron chi connectivity index (χ2n) is 2.70. The number of carbonyl (C=O) groups is 1. The van der Waals surface area contributed by atoms with Gasteiger partial charge in [0.05, 0.1) is 23.3 Å². The summed E-state index contributed by atoms with van der Waals surface area (Å²) >= 11 is 5.77. The van der Waals surface area contributed by atoms with Crippen LogP contribution in [0.3, 0.4) is 0 Å². The lowest BCUT2D eigenvalue weighted by molar-refractivity contribution is 0.101. The fourth-order valence-electron chi connectivity index (χ4n) is 1.08. The fourth-order valence-corrected chi connectivity index (χ4v) is 1.28. The van der Waals surface area contributed by atoms with Gasteiger partial charge in [-0.25, -0.2) is 0 Å². The number of hydrogen-bond acceptors (Lipinski definition) is 3. The third kappa shape index (κ3) is 1.86. The number of halogens is 1. The Morgan fingerprint density at radius 1 is 1.57 bits per heavy atom. The average molecular weight is 210 g/mol. The number of nitriles is 1. The monoisotopic (exact) mass is 209 g/mol. The molecule has 0 amide bonds. The van der Waals surface area contributed by atoms with Crippen molar-refractivity contribution < 1.29 is 9.53 Å². The number of Topliss-reactive ketones (excluding diaryl/α,β-unsaturated/α-hetero) is 1. The molecule has 0 bridgehead atoms. The maximum atomic E-state index is 11.2. The molecule has 0 saturated heterocycles. The van der Waals surface area contributed by atoms with E-state index < -0.39 is 0 Å². The lowest BCUT2D eigenvalue weighted by atomic mass is 10.1. The summed E-state index contributed by atoms with van der Waals surface area (Å²) in [5.74, 6) is 0.233. The zero-order chi connectivity index (χ0) is 10.7. The van der Waals surface area contributed by atoms with Gasteiger partial charge in [0.15, 0.2) is 5.78 Å². The zero-order valence-corrected chi connectivity index (χ0v) is 8.55. The third-order valence-corrected chi connectivity index (χ3v) is 2.10. The minimum atomic E-state index is -0.157. The lowest BCUT2D eigenvalue weighted by Gasteiger charge is -2.06. The molecule has 72 valence electrons. The van der Waals surface area contributed by atoms with E-state index in [9.17, 15) is 4.79 Å². The number of carbonyl (C=O) groups excluding carboxylic acids is 1. The number of ether oxygens (including phenoxy) is 1. The molecule has 0 saturated carbocycles. The molecule has 0 heterocycles. The molecule has 4 heteroatoms. The molecule has 1 rings (SSSR count). The summed E-state index contributed by atoms with van der Waals surface area (Å²) < 4.78 is 4.97. The molecule has 0 fully saturated rings. The van der Waals surface area contributed by atoms with Crippen LogP contribution in [0.1, 0.15) is 22.8 Å². The van der Waals surface area contributed by atoms with Gasteiger partial charge in [0.25, 0.3) is 0 Å². The Morgan fingerprint density at radius 2 is 2.21 bits per heavy atom. The predicted octanol–water partition coefficient (Wildman–Crippen LogP) is 2.42. The van der Waals surface area contributed by atoms with Crippen molar-refractivity contribution in [2.45, 2.75) is 6.92 Å². The lowest BCUT2D eigenvalue weighted by Crippen LogP contribution is -1.98. The predicted molar refractivity (Wildman–Crippen MR) is 52.7 cm³/mol. The molecule has 1 aromatic rings. The quantitative estimate of drug-likeness (QED) is 0.703. The summed E-state index contributed by atoms with van der Waals surface area (Å²) in [6.45, 7) is 1.41. The maximum Gasteiger partial charge on any atom is 0.163 e. The standard InChI is InChI=1S/C10H8ClNO2/c1-6(13)8-3-7(5-12)9(11)4-10(8)14-2/h3-4H,1-2H3. The van der Waals surface area contributed by atoms with Crippen molar-refractivity contribution >= 4 is 17.4 Å². The highest BCUT2D eigenvalue weighted by atomic mass is 35.5. The summed E-state index contributed by atoms with van der Waals surface area (Å²) in [6, 6.07) is 4.81. The van der Waals surface area contributed by atoms with E-state index in [1.165, 1.54) is 26.2 Å². The number of nitrogens with zero attached hydrogens (tertiary/aromatic N) is 1. The molecule has 0 atom stereocenters. The van der Waals surface area contributed by atoms with E-state index in [4.69, 9.17) is 21.6 Å². The van der Waals surface area contributed by atoms with E-state index in [1.54, 1.807) is 0 Å². The van der Waals surface area contributed by atoms with Crippen LogP contribution in [0.2, 0.25) is 5.02 Å². The fraction of sp³-hybridized carbons (Fsp3) is 0.200. The van der Waals surface area contributed by atoms with Crippen molar-refractivity contribution in [2.75, 3.05) is 7.11 Å². The summed E-state index contributed by atoms with van der Waals surface area (Å²) in [6.07, 6.45) is 0. The second kappa shape index (κ2) is 4.12. The van der Waals surface area contributed by atoms with Crippen LogP contribution in [0.5, 0.6) is 5.75 Å². The van der Waals surface area contributed by atoms with Gasteiger partial charge in [0, 0.05) is 6.07 Å². The number of methoxy groups -OCH3 is 1. The largest absolute Gasteiger partial charge is 0.496 e. The number of hydrogen-bond donors (Lipinski definition) is 0. The number of ketones is 1. The average Bonchev–Trinajstić information content (AvgIpc) is 2.16. The van der Waals surface area contributed by atoms with E-state index in [0.29, 0.717) is 11.3 Å². The van der Waals surface area contributed by atoms with Crippen LogP contribution in [0.15, 0.2) is 12.1 Å². The van der Waals surface area contributed by atoms with E-state index in [1.807, 2.05) is 6.07 Å². The first-order chi connectivity index (χ1) is 6.60.